The number of hydrogen-bond acceptors (Lipinski definition) is 4. The van der Waals surface area contributed by atoms with Crippen LogP contribution in [-0.2, 0) is 13.9 Å². The summed E-state index contributed by atoms with van der Waals surface area (Å²) in [4.78, 5) is 0. The molecule has 0 aromatic heterocycles. The van der Waals surface area contributed by atoms with Gasteiger partial charge in [-0.1, -0.05) is 20.8 Å². The Morgan fingerprint density at radius 3 is 2.32 bits per heavy atom. The Morgan fingerprint density at radius 1 is 1.05 bits per heavy atom. The summed E-state index contributed by atoms with van der Waals surface area (Å²) in [6, 6.07) is 0. The van der Waals surface area contributed by atoms with Gasteiger partial charge < -0.3 is 19.0 Å². The third kappa shape index (κ3) is 5.03. The molecule has 1 saturated heterocycles. The van der Waals surface area contributed by atoms with Crippen LogP contribution in [0.25, 0.3) is 0 Å². The summed E-state index contributed by atoms with van der Waals surface area (Å²) >= 11 is 0. The van der Waals surface area contributed by atoms with Crippen LogP contribution in [0.4, 0.5) is 0 Å². The number of hydrogen-bond donors (Lipinski definition) is 1. The van der Waals surface area contributed by atoms with E-state index in [1.165, 1.54) is 6.42 Å². The predicted octanol–water partition coefficient (Wildman–Crippen LogP) is 3.83. The van der Waals surface area contributed by atoms with Gasteiger partial charge in [-0.25, -0.2) is 0 Å². The van der Waals surface area contributed by atoms with Crippen LogP contribution >= 0.6 is 0 Å². The molecule has 0 amide bonds. The first-order valence-electron chi connectivity index (χ1n) is 8.80. The van der Waals surface area contributed by atoms with E-state index in [0.717, 1.165) is 32.3 Å². The minimum absolute atomic E-state index is 0.0571. The van der Waals surface area contributed by atoms with Gasteiger partial charge in [-0.2, -0.15) is 0 Å². The van der Waals surface area contributed by atoms with E-state index in [2.05, 4.69) is 33.9 Å². The highest BCUT2D eigenvalue weighted by Crippen LogP contribution is 2.39. The third-order valence-electron chi connectivity index (χ3n) is 5.35. The zero-order valence-electron chi connectivity index (χ0n) is 14.9. The largest absolute Gasteiger partial charge is 0.414 e. The molecule has 130 valence electrons. The molecule has 0 aromatic carbocycles. The summed E-state index contributed by atoms with van der Waals surface area (Å²) in [6.45, 7) is 12.1. The average Bonchev–Trinajstić information content (AvgIpc) is 2.37. The summed E-state index contributed by atoms with van der Waals surface area (Å²) < 4.78 is 18.2. The molecule has 4 unspecified atom stereocenters. The molecule has 5 heteroatoms. The molecule has 0 aromatic rings. The summed E-state index contributed by atoms with van der Waals surface area (Å²) in [5, 5.41) is 10.4. The van der Waals surface area contributed by atoms with Gasteiger partial charge in [0, 0.05) is 12.7 Å². The van der Waals surface area contributed by atoms with Crippen LogP contribution in [0.2, 0.25) is 18.1 Å². The number of ether oxygens (including phenoxy) is 2. The number of rotatable bonds is 4. The maximum Gasteiger partial charge on any atom is 0.192 e. The van der Waals surface area contributed by atoms with Gasteiger partial charge in [0.2, 0.25) is 0 Å². The molecule has 0 bridgehead atoms. The van der Waals surface area contributed by atoms with Crippen LogP contribution in [-0.4, -0.2) is 44.6 Å². The lowest BCUT2D eigenvalue weighted by Crippen LogP contribution is -2.48. The lowest BCUT2D eigenvalue weighted by molar-refractivity contribution is -0.204. The molecule has 1 aliphatic carbocycles. The van der Waals surface area contributed by atoms with E-state index < -0.39 is 8.32 Å². The summed E-state index contributed by atoms with van der Waals surface area (Å²) in [6.07, 6.45) is 5.35. The summed E-state index contributed by atoms with van der Waals surface area (Å²) in [7, 11) is -1.80. The summed E-state index contributed by atoms with van der Waals surface area (Å²) in [5.41, 5.74) is 0. The fourth-order valence-corrected chi connectivity index (χ4v) is 4.40. The Morgan fingerprint density at radius 2 is 1.73 bits per heavy atom. The highest BCUT2D eigenvalue weighted by Gasteiger charge is 2.41. The molecule has 4 nitrogen and oxygen atoms in total. The smallest absolute Gasteiger partial charge is 0.192 e. The van der Waals surface area contributed by atoms with Crippen LogP contribution < -0.4 is 0 Å². The fraction of sp³-hybridized carbons (Fsp3) is 1.00. The Balaban J connectivity index is 1.90. The third-order valence-corrected chi connectivity index (χ3v) is 9.88. The monoisotopic (exact) mass is 330 g/mol. The Kier molecular flexibility index (Phi) is 6.11. The highest BCUT2D eigenvalue weighted by atomic mass is 28.4. The van der Waals surface area contributed by atoms with Crippen LogP contribution in [0.15, 0.2) is 0 Å². The minimum Gasteiger partial charge on any atom is -0.414 e. The first-order chi connectivity index (χ1) is 10.2. The molecule has 1 aliphatic heterocycles. The molecule has 2 aliphatic rings. The molecular weight excluding hydrogens is 296 g/mol. The standard InChI is InChI=1S/C17H34O4Si/c1-17(2,3)22(4,5)21-15-11-13(18)10-14(12-15)20-16-8-6-7-9-19-16/h13-16,18H,6-12H2,1-5H3. The molecule has 1 heterocycles. The first-order valence-corrected chi connectivity index (χ1v) is 11.7. The predicted molar refractivity (Wildman–Crippen MR) is 90.4 cm³/mol. The average molecular weight is 331 g/mol. The molecule has 0 spiro atoms. The molecule has 1 N–H and O–H groups in total. The quantitative estimate of drug-likeness (QED) is 0.796. The molecule has 0 radical (unpaired) electrons. The van der Waals surface area contributed by atoms with E-state index in [9.17, 15) is 5.11 Å². The van der Waals surface area contributed by atoms with Crippen molar-refractivity contribution in [2.75, 3.05) is 6.61 Å². The zero-order valence-corrected chi connectivity index (χ0v) is 15.9. The fourth-order valence-electron chi connectivity index (χ4n) is 3.02. The van der Waals surface area contributed by atoms with Crippen LogP contribution in [0.3, 0.4) is 0 Å². The SMILES string of the molecule is CC(C)(C)[Si](C)(C)OC1CC(O)CC(OC2CCCCO2)C1. The van der Waals surface area contributed by atoms with Crippen molar-refractivity contribution < 1.29 is 19.0 Å². The molecule has 2 rings (SSSR count). The van der Waals surface area contributed by atoms with Crippen molar-refractivity contribution in [1.29, 1.82) is 0 Å². The maximum atomic E-state index is 10.2. The van der Waals surface area contributed by atoms with Gasteiger partial charge in [-0.3, -0.25) is 0 Å². The second kappa shape index (κ2) is 7.30. The van der Waals surface area contributed by atoms with Crippen molar-refractivity contribution in [1.82, 2.24) is 0 Å². The lowest BCUT2D eigenvalue weighted by Gasteiger charge is -2.43. The second-order valence-corrected chi connectivity index (χ2v) is 13.2. The van der Waals surface area contributed by atoms with Crippen molar-refractivity contribution in [2.45, 2.75) is 102 Å². The van der Waals surface area contributed by atoms with E-state index in [1.807, 2.05) is 0 Å². The topological polar surface area (TPSA) is 47.9 Å². The molecule has 2 fully saturated rings. The number of aliphatic hydroxyl groups is 1. The highest BCUT2D eigenvalue weighted by molar-refractivity contribution is 6.74. The number of aliphatic hydroxyl groups excluding tert-OH is 1. The Hall–Kier alpha value is 0.0569. The van der Waals surface area contributed by atoms with Crippen molar-refractivity contribution in [3.63, 3.8) is 0 Å². The Labute approximate surface area is 136 Å². The van der Waals surface area contributed by atoms with Crippen molar-refractivity contribution in [3.05, 3.63) is 0 Å². The zero-order chi connectivity index (χ0) is 16.4. The summed E-state index contributed by atoms with van der Waals surface area (Å²) in [5.74, 6) is 0. The lowest BCUT2D eigenvalue weighted by atomic mass is 9.92. The minimum atomic E-state index is -1.80. The molecule has 4 atom stereocenters. The van der Waals surface area contributed by atoms with E-state index >= 15 is 0 Å². The first kappa shape index (κ1) is 18.4. The van der Waals surface area contributed by atoms with Gasteiger partial charge in [-0.15, -0.1) is 0 Å². The van der Waals surface area contributed by atoms with Crippen LogP contribution in [0.5, 0.6) is 0 Å². The van der Waals surface area contributed by atoms with Gasteiger partial charge in [0.05, 0.1) is 12.2 Å². The van der Waals surface area contributed by atoms with Gasteiger partial charge in [0.1, 0.15) is 0 Å². The van der Waals surface area contributed by atoms with Gasteiger partial charge in [0.25, 0.3) is 0 Å². The van der Waals surface area contributed by atoms with E-state index in [1.54, 1.807) is 0 Å². The normalized spacial score (nSPS) is 34.6. The van der Waals surface area contributed by atoms with Crippen molar-refractivity contribution in [3.8, 4) is 0 Å². The van der Waals surface area contributed by atoms with Crippen molar-refractivity contribution in [2.24, 2.45) is 0 Å². The van der Waals surface area contributed by atoms with Crippen molar-refractivity contribution >= 4 is 8.32 Å². The van der Waals surface area contributed by atoms with E-state index in [0.29, 0.717) is 6.42 Å². The molecule has 22 heavy (non-hydrogen) atoms. The van der Waals surface area contributed by atoms with Gasteiger partial charge in [-0.05, 0) is 56.7 Å². The van der Waals surface area contributed by atoms with Gasteiger partial charge in [0.15, 0.2) is 14.6 Å². The Bertz CT molecular complexity index is 347. The molecular formula is C17H34O4Si. The van der Waals surface area contributed by atoms with Gasteiger partial charge >= 0.3 is 0 Å². The van der Waals surface area contributed by atoms with E-state index in [-0.39, 0.29) is 29.6 Å². The van der Waals surface area contributed by atoms with E-state index in [4.69, 9.17) is 13.9 Å². The van der Waals surface area contributed by atoms with Crippen LogP contribution in [0, 0.1) is 0 Å². The second-order valence-electron chi connectivity index (χ2n) is 8.42. The maximum absolute atomic E-state index is 10.2. The molecule has 1 saturated carbocycles. The van der Waals surface area contributed by atoms with Crippen LogP contribution in [0.1, 0.15) is 59.3 Å².